The highest BCUT2D eigenvalue weighted by atomic mass is 19.4. The number of rotatable bonds is 5. The fourth-order valence-electron chi connectivity index (χ4n) is 1.35. The summed E-state index contributed by atoms with van der Waals surface area (Å²) in [6.45, 7) is 0. The maximum Gasteiger partial charge on any atom is 0.573 e. The molecule has 0 saturated heterocycles. The summed E-state index contributed by atoms with van der Waals surface area (Å²) in [7, 11) is 0.960. The van der Waals surface area contributed by atoms with Crippen molar-refractivity contribution in [1.82, 2.24) is 4.98 Å². The Hall–Kier alpha value is -2.59. The van der Waals surface area contributed by atoms with Crippen LogP contribution in [0.4, 0.5) is 18.9 Å². The Morgan fingerprint density at radius 3 is 2.55 bits per heavy atom. The molecule has 0 atom stereocenters. The fraction of sp³-hybridized carbons (Fsp3) is 0.333. The van der Waals surface area contributed by atoms with Crippen LogP contribution in [0, 0.1) is 10.1 Å². The van der Waals surface area contributed by atoms with Crippen molar-refractivity contribution in [3.63, 3.8) is 0 Å². The Labute approximate surface area is 108 Å². The number of aliphatic carboxylic acids is 1. The van der Waals surface area contributed by atoms with Crippen LogP contribution in [-0.4, -0.2) is 34.5 Å². The van der Waals surface area contributed by atoms with Crippen LogP contribution >= 0.6 is 0 Å². The highest BCUT2D eigenvalue weighted by molar-refractivity contribution is 5.74. The quantitative estimate of drug-likeness (QED) is 0.647. The molecule has 0 radical (unpaired) electrons. The Kier molecular flexibility index (Phi) is 4.32. The highest BCUT2D eigenvalue weighted by Crippen LogP contribution is 2.38. The first-order valence-corrected chi connectivity index (χ1v) is 4.83. The van der Waals surface area contributed by atoms with Gasteiger partial charge in [-0.25, -0.2) is 4.98 Å². The molecule has 1 rings (SSSR count). The van der Waals surface area contributed by atoms with Crippen molar-refractivity contribution in [3.05, 3.63) is 21.9 Å². The SMILES string of the molecule is COc1ncc([N+](=O)[O-])c(CC(=O)O)c1OC(F)(F)F. The largest absolute Gasteiger partial charge is 0.573 e. The Balaban J connectivity index is 3.50. The zero-order valence-electron chi connectivity index (χ0n) is 9.80. The lowest BCUT2D eigenvalue weighted by Gasteiger charge is -2.14. The van der Waals surface area contributed by atoms with Crippen LogP contribution in [0.15, 0.2) is 6.20 Å². The minimum Gasteiger partial charge on any atom is -0.481 e. The zero-order valence-corrected chi connectivity index (χ0v) is 9.80. The molecule has 1 heterocycles. The van der Waals surface area contributed by atoms with Crippen LogP contribution in [0.5, 0.6) is 11.6 Å². The standard InChI is InChI=1S/C9H7F3N2O6/c1-19-8-7(20-9(10,11)12)4(2-6(15)16)5(3-13-8)14(17)18/h3H,2H2,1H3,(H,15,16). The average molecular weight is 296 g/mol. The molecule has 8 nitrogen and oxygen atoms in total. The number of pyridine rings is 1. The van der Waals surface area contributed by atoms with Crippen LogP contribution in [-0.2, 0) is 11.2 Å². The number of halogens is 3. The van der Waals surface area contributed by atoms with Crippen molar-refractivity contribution in [1.29, 1.82) is 0 Å². The minimum atomic E-state index is -5.18. The van der Waals surface area contributed by atoms with E-state index in [1.165, 1.54) is 0 Å². The zero-order chi connectivity index (χ0) is 15.5. The van der Waals surface area contributed by atoms with E-state index in [0.717, 1.165) is 7.11 Å². The molecule has 0 saturated carbocycles. The lowest BCUT2D eigenvalue weighted by atomic mass is 10.1. The lowest BCUT2D eigenvalue weighted by Crippen LogP contribution is -2.20. The van der Waals surface area contributed by atoms with E-state index in [1.54, 1.807) is 0 Å². The molecular weight excluding hydrogens is 289 g/mol. The van der Waals surface area contributed by atoms with Crippen LogP contribution < -0.4 is 9.47 Å². The Morgan fingerprint density at radius 1 is 1.55 bits per heavy atom. The number of nitrogens with zero attached hydrogens (tertiary/aromatic N) is 2. The van der Waals surface area contributed by atoms with Crippen LogP contribution in [0.3, 0.4) is 0 Å². The first kappa shape index (κ1) is 15.5. The highest BCUT2D eigenvalue weighted by Gasteiger charge is 2.37. The van der Waals surface area contributed by atoms with Crippen LogP contribution in [0.2, 0.25) is 0 Å². The molecule has 1 aromatic rings. The summed E-state index contributed by atoms with van der Waals surface area (Å²) in [6.07, 6.45) is -5.64. The van der Waals surface area contributed by atoms with E-state index in [1.807, 2.05) is 0 Å². The number of ether oxygens (including phenoxy) is 2. The molecular formula is C9H7F3N2O6. The van der Waals surface area contributed by atoms with Gasteiger partial charge in [0.25, 0.3) is 11.6 Å². The summed E-state index contributed by atoms with van der Waals surface area (Å²) in [4.78, 5) is 23.6. The predicted octanol–water partition coefficient (Wildman–Crippen LogP) is 1.52. The van der Waals surface area contributed by atoms with E-state index in [4.69, 9.17) is 5.11 Å². The summed E-state index contributed by atoms with van der Waals surface area (Å²) < 4.78 is 44.9. The van der Waals surface area contributed by atoms with Crippen molar-refractivity contribution in [2.24, 2.45) is 0 Å². The van der Waals surface area contributed by atoms with E-state index in [0.29, 0.717) is 6.20 Å². The summed E-state index contributed by atoms with van der Waals surface area (Å²) in [5.41, 5.74) is -1.70. The number of aromatic nitrogens is 1. The van der Waals surface area contributed by atoms with Crippen molar-refractivity contribution in [2.45, 2.75) is 12.8 Å². The smallest absolute Gasteiger partial charge is 0.481 e. The molecule has 0 aliphatic carbocycles. The van der Waals surface area contributed by atoms with E-state index in [-0.39, 0.29) is 0 Å². The number of nitro groups is 1. The van der Waals surface area contributed by atoms with Gasteiger partial charge in [0.15, 0.2) is 0 Å². The van der Waals surface area contributed by atoms with E-state index >= 15 is 0 Å². The number of hydrogen-bond acceptors (Lipinski definition) is 6. The molecule has 110 valence electrons. The summed E-state index contributed by atoms with van der Waals surface area (Å²) >= 11 is 0. The van der Waals surface area contributed by atoms with Gasteiger partial charge >= 0.3 is 12.3 Å². The fourth-order valence-corrected chi connectivity index (χ4v) is 1.35. The number of alkyl halides is 3. The number of hydrogen-bond donors (Lipinski definition) is 1. The van der Waals surface area contributed by atoms with Crippen LogP contribution in [0.25, 0.3) is 0 Å². The predicted molar refractivity (Wildman–Crippen MR) is 55.5 cm³/mol. The Bertz CT molecular complexity index is 545. The third-order valence-electron chi connectivity index (χ3n) is 2.02. The average Bonchev–Trinajstić information content (AvgIpc) is 2.28. The van der Waals surface area contributed by atoms with Crippen molar-refractivity contribution in [3.8, 4) is 11.6 Å². The van der Waals surface area contributed by atoms with Gasteiger partial charge in [-0.05, 0) is 0 Å². The van der Waals surface area contributed by atoms with Gasteiger partial charge in [-0.2, -0.15) is 0 Å². The van der Waals surface area contributed by atoms with E-state index in [9.17, 15) is 28.1 Å². The summed E-state index contributed by atoms with van der Waals surface area (Å²) in [6, 6.07) is 0. The second kappa shape index (κ2) is 5.59. The normalized spacial score (nSPS) is 11.0. The first-order valence-electron chi connectivity index (χ1n) is 4.83. The second-order valence-corrected chi connectivity index (χ2v) is 3.34. The maximum atomic E-state index is 12.3. The Morgan fingerprint density at radius 2 is 2.15 bits per heavy atom. The second-order valence-electron chi connectivity index (χ2n) is 3.34. The van der Waals surface area contributed by atoms with Gasteiger partial charge in [-0.3, -0.25) is 14.9 Å². The topological polar surface area (TPSA) is 112 Å². The minimum absolute atomic E-state index is 0.598. The van der Waals surface area contributed by atoms with E-state index < -0.39 is 46.6 Å². The molecule has 0 unspecified atom stereocenters. The third-order valence-corrected chi connectivity index (χ3v) is 2.02. The number of carbonyl (C=O) groups is 1. The molecule has 0 aromatic carbocycles. The molecule has 1 N–H and O–H groups in total. The van der Waals surface area contributed by atoms with Crippen LogP contribution in [0.1, 0.15) is 5.56 Å². The van der Waals surface area contributed by atoms with Gasteiger partial charge in [0.05, 0.1) is 24.0 Å². The molecule has 0 bridgehead atoms. The molecule has 1 aromatic heterocycles. The lowest BCUT2D eigenvalue weighted by molar-refractivity contribution is -0.386. The molecule has 20 heavy (non-hydrogen) atoms. The molecule has 0 fully saturated rings. The third kappa shape index (κ3) is 3.70. The van der Waals surface area contributed by atoms with Gasteiger partial charge < -0.3 is 14.6 Å². The van der Waals surface area contributed by atoms with Gasteiger partial charge in [-0.1, -0.05) is 0 Å². The molecule has 0 spiro atoms. The summed E-state index contributed by atoms with van der Waals surface area (Å²) in [5, 5.41) is 19.4. The van der Waals surface area contributed by atoms with Crippen molar-refractivity contribution < 1.29 is 37.5 Å². The number of carboxylic acids is 1. The summed E-state index contributed by atoms with van der Waals surface area (Å²) in [5.74, 6) is -3.42. The number of methoxy groups -OCH3 is 1. The van der Waals surface area contributed by atoms with Gasteiger partial charge in [0, 0.05) is 0 Å². The van der Waals surface area contributed by atoms with Gasteiger partial charge in [-0.15, -0.1) is 13.2 Å². The van der Waals surface area contributed by atoms with Crippen molar-refractivity contribution >= 4 is 11.7 Å². The molecule has 11 heteroatoms. The van der Waals surface area contributed by atoms with Gasteiger partial charge in [0.1, 0.15) is 6.20 Å². The molecule has 0 aliphatic rings. The maximum absolute atomic E-state index is 12.3. The monoisotopic (exact) mass is 296 g/mol. The molecule has 0 aliphatic heterocycles. The number of carboxylic acid groups (broad SMARTS) is 1. The molecule has 0 amide bonds. The van der Waals surface area contributed by atoms with E-state index in [2.05, 4.69) is 14.5 Å². The van der Waals surface area contributed by atoms with Crippen molar-refractivity contribution in [2.75, 3.05) is 7.11 Å². The first-order chi connectivity index (χ1) is 9.15. The van der Waals surface area contributed by atoms with Gasteiger partial charge in [0.2, 0.25) is 5.75 Å².